The van der Waals surface area contributed by atoms with Gasteiger partial charge in [0.05, 0.1) is 20.6 Å². The second-order valence-electron chi connectivity index (χ2n) is 5.50. The third-order valence-corrected chi connectivity index (χ3v) is 3.50. The summed E-state index contributed by atoms with van der Waals surface area (Å²) in [5.74, 6) is 0.309. The molecule has 1 aromatic carbocycles. The highest BCUT2D eigenvalue weighted by atomic mass is 16.2. The standard InChI is InChI=1S/C14H21N2O/c1-12-5-4-6-13(9-12)10-15-7-8-16(2,3)14(17)11-15/h4-6,9H,7-8,10-11H2,1-3H3/q+1. The Morgan fingerprint density at radius 1 is 1.35 bits per heavy atom. The molecule has 1 aliphatic heterocycles. The van der Waals surface area contributed by atoms with Crippen LogP contribution in [0.3, 0.4) is 0 Å². The number of hydrogen-bond donors (Lipinski definition) is 0. The van der Waals surface area contributed by atoms with Crippen LogP contribution in [0.5, 0.6) is 0 Å². The van der Waals surface area contributed by atoms with E-state index in [1.165, 1.54) is 11.1 Å². The molecular weight excluding hydrogens is 212 g/mol. The Morgan fingerprint density at radius 3 is 2.76 bits per heavy atom. The summed E-state index contributed by atoms with van der Waals surface area (Å²) in [5.41, 5.74) is 2.58. The zero-order valence-corrected chi connectivity index (χ0v) is 10.9. The smallest absolute Gasteiger partial charge is 0.281 e. The normalized spacial score (nSPS) is 20.5. The van der Waals surface area contributed by atoms with Gasteiger partial charge in [0.25, 0.3) is 0 Å². The third-order valence-electron chi connectivity index (χ3n) is 3.50. The molecule has 0 bridgehead atoms. The lowest BCUT2D eigenvalue weighted by Crippen LogP contribution is -2.58. The van der Waals surface area contributed by atoms with Crippen molar-refractivity contribution in [2.75, 3.05) is 33.7 Å². The molecule has 0 saturated carbocycles. The van der Waals surface area contributed by atoms with Gasteiger partial charge in [-0.15, -0.1) is 0 Å². The van der Waals surface area contributed by atoms with Gasteiger partial charge in [0, 0.05) is 13.1 Å². The number of likely N-dealkylation sites (N-methyl/N-ethyl adjacent to an activating group) is 1. The fourth-order valence-electron chi connectivity index (χ4n) is 2.18. The number of benzene rings is 1. The van der Waals surface area contributed by atoms with Crippen LogP contribution in [0.1, 0.15) is 11.1 Å². The van der Waals surface area contributed by atoms with Crippen molar-refractivity contribution in [3.05, 3.63) is 35.4 Å². The number of piperazine rings is 1. The van der Waals surface area contributed by atoms with Gasteiger partial charge in [0.2, 0.25) is 0 Å². The van der Waals surface area contributed by atoms with E-state index >= 15 is 0 Å². The van der Waals surface area contributed by atoms with Crippen LogP contribution < -0.4 is 0 Å². The molecule has 92 valence electrons. The number of carbonyl (C=O) groups is 1. The minimum absolute atomic E-state index is 0.309. The predicted molar refractivity (Wildman–Crippen MR) is 68.4 cm³/mol. The summed E-state index contributed by atoms with van der Waals surface area (Å²) < 4.78 is 0.518. The average Bonchev–Trinajstić information content (AvgIpc) is 2.24. The van der Waals surface area contributed by atoms with Gasteiger partial charge >= 0.3 is 5.91 Å². The van der Waals surface area contributed by atoms with Crippen LogP contribution in [0.2, 0.25) is 0 Å². The summed E-state index contributed by atoms with van der Waals surface area (Å²) in [7, 11) is 3.98. The fraction of sp³-hybridized carbons (Fsp3) is 0.500. The summed E-state index contributed by atoms with van der Waals surface area (Å²) in [6.07, 6.45) is 0. The van der Waals surface area contributed by atoms with Gasteiger partial charge in [-0.05, 0) is 12.5 Å². The number of rotatable bonds is 2. The first-order valence-electron chi connectivity index (χ1n) is 6.12. The maximum Gasteiger partial charge on any atom is 0.327 e. The number of quaternary nitrogens is 1. The fourth-order valence-corrected chi connectivity index (χ4v) is 2.18. The molecule has 0 atom stereocenters. The van der Waals surface area contributed by atoms with E-state index in [1.807, 2.05) is 14.1 Å². The second kappa shape index (κ2) is 4.59. The van der Waals surface area contributed by atoms with Gasteiger partial charge in [-0.2, -0.15) is 0 Å². The molecule has 0 aromatic heterocycles. The van der Waals surface area contributed by atoms with Crippen molar-refractivity contribution in [1.82, 2.24) is 4.90 Å². The topological polar surface area (TPSA) is 20.3 Å². The van der Waals surface area contributed by atoms with Crippen molar-refractivity contribution < 1.29 is 9.28 Å². The molecule has 2 rings (SSSR count). The number of amides is 1. The minimum Gasteiger partial charge on any atom is -0.281 e. The van der Waals surface area contributed by atoms with Crippen LogP contribution in [-0.4, -0.2) is 49.0 Å². The maximum atomic E-state index is 11.9. The molecule has 0 N–H and O–H groups in total. The highest BCUT2D eigenvalue weighted by Gasteiger charge is 2.33. The Balaban J connectivity index is 2.00. The Morgan fingerprint density at radius 2 is 2.12 bits per heavy atom. The average molecular weight is 233 g/mol. The molecule has 0 unspecified atom stereocenters. The summed E-state index contributed by atoms with van der Waals surface area (Å²) >= 11 is 0. The van der Waals surface area contributed by atoms with Gasteiger partial charge in [0.15, 0.2) is 0 Å². The molecule has 1 amide bonds. The number of hydrogen-bond acceptors (Lipinski definition) is 2. The lowest BCUT2D eigenvalue weighted by atomic mass is 10.1. The van der Waals surface area contributed by atoms with Crippen LogP contribution in [0.15, 0.2) is 24.3 Å². The quantitative estimate of drug-likeness (QED) is 0.720. The van der Waals surface area contributed by atoms with Gasteiger partial charge in [-0.25, -0.2) is 4.79 Å². The van der Waals surface area contributed by atoms with Crippen LogP contribution in [0.25, 0.3) is 0 Å². The van der Waals surface area contributed by atoms with Crippen molar-refractivity contribution in [2.45, 2.75) is 13.5 Å². The van der Waals surface area contributed by atoms with E-state index in [0.717, 1.165) is 19.6 Å². The molecule has 1 aromatic rings. The first kappa shape index (κ1) is 12.3. The molecule has 0 aliphatic carbocycles. The highest BCUT2D eigenvalue weighted by Crippen LogP contribution is 2.13. The summed E-state index contributed by atoms with van der Waals surface area (Å²) in [5, 5.41) is 0. The molecule has 0 radical (unpaired) electrons. The molecule has 3 nitrogen and oxygen atoms in total. The van der Waals surface area contributed by atoms with E-state index in [-0.39, 0.29) is 0 Å². The van der Waals surface area contributed by atoms with Gasteiger partial charge in [-0.1, -0.05) is 29.8 Å². The third kappa shape index (κ3) is 2.93. The Hall–Kier alpha value is -1.19. The lowest BCUT2D eigenvalue weighted by Gasteiger charge is -2.36. The van der Waals surface area contributed by atoms with Crippen molar-refractivity contribution in [3.8, 4) is 0 Å². The first-order chi connectivity index (χ1) is 7.97. The van der Waals surface area contributed by atoms with E-state index in [4.69, 9.17) is 0 Å². The van der Waals surface area contributed by atoms with Crippen molar-refractivity contribution in [2.24, 2.45) is 0 Å². The SMILES string of the molecule is Cc1cccc(CN2CC[N+](C)(C)C(=O)C2)c1. The number of nitrogens with zero attached hydrogens (tertiary/aromatic N) is 2. The van der Waals surface area contributed by atoms with E-state index in [1.54, 1.807) is 0 Å². The Labute approximate surface area is 103 Å². The molecule has 1 heterocycles. The summed E-state index contributed by atoms with van der Waals surface area (Å²) in [6.45, 7) is 5.45. The zero-order chi connectivity index (χ0) is 12.5. The van der Waals surface area contributed by atoms with Crippen molar-refractivity contribution in [1.29, 1.82) is 0 Å². The maximum absolute atomic E-state index is 11.9. The van der Waals surface area contributed by atoms with Crippen molar-refractivity contribution in [3.63, 3.8) is 0 Å². The summed E-state index contributed by atoms with van der Waals surface area (Å²) in [6, 6.07) is 8.51. The molecule has 1 aliphatic rings. The zero-order valence-electron chi connectivity index (χ0n) is 10.9. The van der Waals surface area contributed by atoms with E-state index < -0.39 is 0 Å². The molecule has 17 heavy (non-hydrogen) atoms. The Bertz CT molecular complexity index is 426. The largest absolute Gasteiger partial charge is 0.327 e. The van der Waals surface area contributed by atoms with E-state index in [9.17, 15) is 4.79 Å². The molecule has 0 spiro atoms. The Kier molecular flexibility index (Phi) is 3.31. The van der Waals surface area contributed by atoms with Gasteiger partial charge < -0.3 is 0 Å². The van der Waals surface area contributed by atoms with E-state index in [0.29, 0.717) is 16.9 Å². The first-order valence-corrected chi connectivity index (χ1v) is 6.12. The molecule has 1 fully saturated rings. The summed E-state index contributed by atoms with van der Waals surface area (Å²) in [4.78, 5) is 14.2. The van der Waals surface area contributed by atoms with E-state index in [2.05, 4.69) is 36.1 Å². The number of carbonyl (C=O) groups excluding carboxylic acids is 1. The van der Waals surface area contributed by atoms with Crippen molar-refractivity contribution >= 4 is 5.91 Å². The van der Waals surface area contributed by atoms with Crippen LogP contribution >= 0.6 is 0 Å². The van der Waals surface area contributed by atoms with Crippen LogP contribution in [-0.2, 0) is 11.3 Å². The van der Waals surface area contributed by atoms with Gasteiger partial charge in [0.1, 0.15) is 6.54 Å². The lowest BCUT2D eigenvalue weighted by molar-refractivity contribution is -0.817. The minimum atomic E-state index is 0.309. The van der Waals surface area contributed by atoms with Crippen LogP contribution in [0, 0.1) is 6.92 Å². The molecular formula is C14H21N2O+. The monoisotopic (exact) mass is 233 g/mol. The highest BCUT2D eigenvalue weighted by molar-refractivity contribution is 5.71. The molecule has 3 heteroatoms. The van der Waals surface area contributed by atoms with Gasteiger partial charge in [-0.3, -0.25) is 9.38 Å². The predicted octanol–water partition coefficient (Wildman–Crippen LogP) is 1.41. The second-order valence-corrected chi connectivity index (χ2v) is 5.50. The molecule has 1 saturated heterocycles. The number of aryl methyl sites for hydroxylation is 1. The van der Waals surface area contributed by atoms with Crippen LogP contribution in [0.4, 0.5) is 0 Å².